The van der Waals surface area contributed by atoms with Gasteiger partial charge in [0, 0.05) is 12.7 Å². The van der Waals surface area contributed by atoms with Crippen molar-refractivity contribution >= 4 is 0 Å². The van der Waals surface area contributed by atoms with Gasteiger partial charge in [0.05, 0.1) is 12.2 Å². The van der Waals surface area contributed by atoms with Gasteiger partial charge in [-0.2, -0.15) is 5.10 Å². The van der Waals surface area contributed by atoms with Crippen molar-refractivity contribution < 1.29 is 0 Å². The third kappa shape index (κ3) is 4.43. The van der Waals surface area contributed by atoms with Gasteiger partial charge >= 0.3 is 0 Å². The van der Waals surface area contributed by atoms with Gasteiger partial charge in [0.1, 0.15) is 0 Å². The summed E-state index contributed by atoms with van der Waals surface area (Å²) in [5, 5.41) is 8.09. The van der Waals surface area contributed by atoms with E-state index in [1.54, 1.807) is 0 Å². The fourth-order valence-electron chi connectivity index (χ4n) is 2.70. The Balaban J connectivity index is 2.03. The Morgan fingerprint density at radius 2 is 1.81 bits per heavy atom. The summed E-state index contributed by atoms with van der Waals surface area (Å²) in [6, 6.07) is 6.60. The van der Waals surface area contributed by atoms with Crippen molar-refractivity contribution in [2.24, 2.45) is 5.92 Å². The van der Waals surface area contributed by atoms with Gasteiger partial charge in [-0.05, 0) is 56.0 Å². The molecule has 0 spiro atoms. The summed E-state index contributed by atoms with van der Waals surface area (Å²) in [5.74, 6) is 0.671. The maximum absolute atomic E-state index is 4.66. The number of benzene rings is 1. The number of aryl methyl sites for hydroxylation is 3. The molecule has 1 aromatic heterocycles. The highest BCUT2D eigenvalue weighted by molar-refractivity contribution is 5.37. The van der Waals surface area contributed by atoms with Crippen LogP contribution in [0.4, 0.5) is 0 Å². The summed E-state index contributed by atoms with van der Waals surface area (Å²) in [4.78, 5) is 0. The highest BCUT2D eigenvalue weighted by atomic mass is 15.3. The number of nitrogens with one attached hydrogen (secondary N) is 1. The first-order valence-electron chi connectivity index (χ1n) is 7.75. The predicted octanol–water partition coefficient (Wildman–Crippen LogP) is 3.60. The second kappa shape index (κ2) is 6.90. The first-order valence-corrected chi connectivity index (χ1v) is 7.75. The van der Waals surface area contributed by atoms with Crippen LogP contribution in [0.25, 0.3) is 0 Å². The molecule has 0 bridgehead atoms. The summed E-state index contributed by atoms with van der Waals surface area (Å²) in [6.07, 6.45) is 2.07. The van der Waals surface area contributed by atoms with Crippen molar-refractivity contribution in [1.29, 1.82) is 0 Å². The number of hydrogen-bond acceptors (Lipinski definition) is 2. The van der Waals surface area contributed by atoms with Crippen LogP contribution in [-0.2, 0) is 13.1 Å². The predicted molar refractivity (Wildman–Crippen MR) is 88.5 cm³/mol. The fraction of sp³-hybridized carbons (Fsp3) is 0.500. The summed E-state index contributed by atoms with van der Waals surface area (Å²) in [5.41, 5.74) is 6.52. The highest BCUT2D eigenvalue weighted by Gasteiger charge is 2.06. The molecule has 0 saturated heterocycles. The molecule has 1 aromatic carbocycles. The molecule has 0 aliphatic heterocycles. The van der Waals surface area contributed by atoms with Crippen molar-refractivity contribution in [2.45, 2.75) is 47.7 Å². The van der Waals surface area contributed by atoms with Crippen LogP contribution in [0.1, 0.15) is 41.8 Å². The minimum absolute atomic E-state index is 0.671. The largest absolute Gasteiger partial charge is 0.311 e. The minimum atomic E-state index is 0.671. The summed E-state index contributed by atoms with van der Waals surface area (Å²) >= 11 is 0. The zero-order chi connectivity index (χ0) is 15.4. The van der Waals surface area contributed by atoms with Crippen molar-refractivity contribution in [3.05, 3.63) is 52.3 Å². The lowest BCUT2D eigenvalue weighted by molar-refractivity contribution is 0.543. The maximum atomic E-state index is 4.66. The highest BCUT2D eigenvalue weighted by Crippen LogP contribution is 2.17. The average Bonchev–Trinajstić information content (AvgIpc) is 2.81. The Labute approximate surface area is 128 Å². The van der Waals surface area contributed by atoms with Crippen LogP contribution in [0.3, 0.4) is 0 Å². The molecule has 114 valence electrons. The van der Waals surface area contributed by atoms with Gasteiger partial charge in [0.2, 0.25) is 0 Å². The lowest BCUT2D eigenvalue weighted by Crippen LogP contribution is -2.19. The Bertz CT molecular complexity index is 573. The molecule has 0 atom stereocenters. The molecule has 0 aliphatic carbocycles. The van der Waals surface area contributed by atoms with Gasteiger partial charge in [-0.3, -0.25) is 4.68 Å². The lowest BCUT2D eigenvalue weighted by atomic mass is 10.00. The summed E-state index contributed by atoms with van der Waals surface area (Å²) in [6.45, 7) is 13.7. The molecule has 0 radical (unpaired) electrons. The van der Waals surface area contributed by atoms with Crippen LogP contribution >= 0.6 is 0 Å². The molecule has 1 N–H and O–H groups in total. The molecule has 0 fully saturated rings. The fourth-order valence-corrected chi connectivity index (χ4v) is 2.70. The van der Waals surface area contributed by atoms with Crippen molar-refractivity contribution in [2.75, 3.05) is 6.54 Å². The molecule has 0 amide bonds. The van der Waals surface area contributed by atoms with Gasteiger partial charge < -0.3 is 5.32 Å². The van der Waals surface area contributed by atoms with Gasteiger partial charge in [-0.25, -0.2) is 0 Å². The first kappa shape index (κ1) is 15.8. The average molecular weight is 285 g/mol. The molecule has 2 rings (SSSR count). The number of aromatic nitrogens is 2. The van der Waals surface area contributed by atoms with Crippen LogP contribution in [0, 0.1) is 26.7 Å². The van der Waals surface area contributed by atoms with E-state index in [1.807, 2.05) is 4.68 Å². The monoisotopic (exact) mass is 285 g/mol. The van der Waals surface area contributed by atoms with E-state index in [1.165, 1.54) is 22.3 Å². The van der Waals surface area contributed by atoms with E-state index in [9.17, 15) is 0 Å². The lowest BCUT2D eigenvalue weighted by Gasteiger charge is -2.11. The standard InChI is InChI=1S/C18H27N3/c1-13(2)10-19-11-17-6-7-21(20-17)12-18-15(4)8-14(3)9-16(18)5/h6-9,13,19H,10-12H2,1-5H3. The van der Waals surface area contributed by atoms with E-state index in [-0.39, 0.29) is 0 Å². The van der Waals surface area contributed by atoms with Crippen molar-refractivity contribution in [1.82, 2.24) is 15.1 Å². The van der Waals surface area contributed by atoms with E-state index in [4.69, 9.17) is 0 Å². The van der Waals surface area contributed by atoms with E-state index >= 15 is 0 Å². The van der Waals surface area contributed by atoms with Crippen LogP contribution in [0.5, 0.6) is 0 Å². The Hall–Kier alpha value is -1.61. The van der Waals surface area contributed by atoms with E-state index in [0.29, 0.717) is 5.92 Å². The first-order chi connectivity index (χ1) is 9.95. The molecule has 0 aliphatic rings. The third-order valence-corrected chi connectivity index (χ3v) is 3.72. The van der Waals surface area contributed by atoms with E-state index in [0.717, 1.165) is 25.3 Å². The van der Waals surface area contributed by atoms with Crippen molar-refractivity contribution in [3.63, 3.8) is 0 Å². The van der Waals surface area contributed by atoms with Gasteiger partial charge in [-0.15, -0.1) is 0 Å². The molecule has 3 nitrogen and oxygen atoms in total. The normalized spacial score (nSPS) is 11.3. The quantitative estimate of drug-likeness (QED) is 0.879. The third-order valence-electron chi connectivity index (χ3n) is 3.72. The number of rotatable bonds is 6. The molecule has 0 unspecified atom stereocenters. The van der Waals surface area contributed by atoms with Crippen LogP contribution in [-0.4, -0.2) is 16.3 Å². The summed E-state index contributed by atoms with van der Waals surface area (Å²) < 4.78 is 2.04. The molecular weight excluding hydrogens is 258 g/mol. The molecule has 3 heteroatoms. The second-order valence-electron chi connectivity index (χ2n) is 6.41. The smallest absolute Gasteiger partial charge is 0.0762 e. The Kier molecular flexibility index (Phi) is 5.18. The van der Waals surface area contributed by atoms with E-state index < -0.39 is 0 Å². The topological polar surface area (TPSA) is 29.9 Å². The SMILES string of the molecule is Cc1cc(C)c(Cn2ccc(CNCC(C)C)n2)c(C)c1. The Morgan fingerprint density at radius 3 is 2.43 bits per heavy atom. The molecular formula is C18H27N3. The van der Waals surface area contributed by atoms with Crippen molar-refractivity contribution in [3.8, 4) is 0 Å². The number of hydrogen-bond donors (Lipinski definition) is 1. The molecule has 1 heterocycles. The second-order valence-corrected chi connectivity index (χ2v) is 6.41. The van der Waals surface area contributed by atoms with Crippen LogP contribution in [0.15, 0.2) is 24.4 Å². The molecule has 21 heavy (non-hydrogen) atoms. The van der Waals surface area contributed by atoms with Crippen LogP contribution in [0.2, 0.25) is 0 Å². The van der Waals surface area contributed by atoms with Gasteiger partial charge in [0.15, 0.2) is 0 Å². The Morgan fingerprint density at radius 1 is 1.14 bits per heavy atom. The van der Waals surface area contributed by atoms with E-state index in [2.05, 4.69) is 69.4 Å². The minimum Gasteiger partial charge on any atom is -0.311 e. The summed E-state index contributed by atoms with van der Waals surface area (Å²) in [7, 11) is 0. The van der Waals surface area contributed by atoms with Gasteiger partial charge in [-0.1, -0.05) is 31.5 Å². The zero-order valence-corrected chi connectivity index (χ0v) is 13.9. The molecule has 0 saturated carbocycles. The zero-order valence-electron chi connectivity index (χ0n) is 13.9. The van der Waals surface area contributed by atoms with Gasteiger partial charge in [0.25, 0.3) is 0 Å². The number of nitrogens with zero attached hydrogens (tertiary/aromatic N) is 2. The molecule has 2 aromatic rings. The van der Waals surface area contributed by atoms with Crippen LogP contribution < -0.4 is 5.32 Å². The maximum Gasteiger partial charge on any atom is 0.0762 e.